The van der Waals surface area contributed by atoms with E-state index in [1.165, 1.54) is 28.7 Å². The Morgan fingerprint density at radius 1 is 0.512 bits per heavy atom. The van der Waals surface area contributed by atoms with Gasteiger partial charge in [-0.15, -0.1) is 0 Å². The Morgan fingerprint density at radius 2 is 0.884 bits per heavy atom. The fraction of sp³-hybridized carbons (Fsp3) is 0.636. The third-order valence-electron chi connectivity index (χ3n) is 7.38. The van der Waals surface area contributed by atoms with Gasteiger partial charge in [0.2, 0.25) is 0 Å². The summed E-state index contributed by atoms with van der Waals surface area (Å²) in [4.78, 5) is 0. The molecule has 0 atom stereocenters. The molecule has 0 amide bonds. The Balaban J connectivity index is 0.000000434. The van der Waals surface area contributed by atoms with Crippen molar-refractivity contribution in [2.45, 2.75) is 97.3 Å². The second-order valence-electron chi connectivity index (χ2n) is 10.4. The van der Waals surface area contributed by atoms with Crippen LogP contribution in [0.1, 0.15) is 81.5 Å². The largest absolute Gasteiger partial charge is 0.500 e. The normalized spacial score (nSPS) is 11.8. The maximum absolute atomic E-state index is 5.89. The van der Waals surface area contributed by atoms with E-state index in [-0.39, 0.29) is 0 Å². The predicted molar refractivity (Wildman–Crippen MR) is 181 cm³/mol. The molecular formula is C33H60N2O6Si2. The van der Waals surface area contributed by atoms with Crippen molar-refractivity contribution in [1.29, 1.82) is 0 Å². The van der Waals surface area contributed by atoms with Crippen molar-refractivity contribution in [3.05, 3.63) is 70.8 Å². The maximum Gasteiger partial charge on any atom is 0.500 e. The van der Waals surface area contributed by atoms with E-state index >= 15 is 0 Å². The molecule has 43 heavy (non-hydrogen) atoms. The summed E-state index contributed by atoms with van der Waals surface area (Å²) < 4.78 is 33.9. The van der Waals surface area contributed by atoms with Gasteiger partial charge in [-0.3, -0.25) is 0 Å². The second-order valence-corrected chi connectivity index (χ2v) is 16.3. The lowest BCUT2D eigenvalue weighted by Crippen LogP contribution is -2.45. The third kappa shape index (κ3) is 15.9. The molecule has 0 bridgehead atoms. The molecule has 0 heterocycles. The van der Waals surface area contributed by atoms with E-state index in [2.05, 4.69) is 48.5 Å². The molecule has 2 aromatic rings. The van der Waals surface area contributed by atoms with Crippen LogP contribution >= 0.6 is 0 Å². The molecule has 10 heteroatoms. The summed E-state index contributed by atoms with van der Waals surface area (Å²) in [6.45, 7) is 9.18. The highest BCUT2D eigenvalue weighted by atomic mass is 28.4. The molecule has 0 radical (unpaired) electrons. The predicted octanol–water partition coefficient (Wildman–Crippen LogP) is 6.64. The minimum Gasteiger partial charge on any atom is -0.377 e. The van der Waals surface area contributed by atoms with E-state index in [9.17, 15) is 0 Å². The molecule has 0 fully saturated rings. The van der Waals surface area contributed by atoms with Gasteiger partial charge in [0.25, 0.3) is 0 Å². The smallest absolute Gasteiger partial charge is 0.377 e. The molecule has 0 saturated carbocycles. The molecular weight excluding hydrogens is 577 g/mol. The van der Waals surface area contributed by atoms with Gasteiger partial charge in [-0.25, -0.2) is 0 Å². The van der Waals surface area contributed by atoms with Crippen LogP contribution in [-0.2, 0) is 52.5 Å². The molecule has 2 aromatic carbocycles. The monoisotopic (exact) mass is 636 g/mol. The number of nitrogens with two attached hydrogens (primary N) is 2. The molecule has 0 aliphatic heterocycles. The van der Waals surface area contributed by atoms with Gasteiger partial charge in [0.1, 0.15) is 0 Å². The van der Waals surface area contributed by atoms with Gasteiger partial charge in [-0.1, -0.05) is 61.4 Å². The fourth-order valence-electron chi connectivity index (χ4n) is 5.08. The zero-order valence-corrected chi connectivity index (χ0v) is 29.8. The minimum absolute atomic E-state index is 0.609. The van der Waals surface area contributed by atoms with Crippen LogP contribution in [0.25, 0.3) is 0 Å². The molecule has 0 unspecified atom stereocenters. The first-order valence-electron chi connectivity index (χ1n) is 16.0. The summed E-state index contributed by atoms with van der Waals surface area (Å²) in [5, 5.41) is 0. The summed E-state index contributed by atoms with van der Waals surface area (Å²) in [7, 11) is 0.159. The number of rotatable bonds is 23. The van der Waals surface area contributed by atoms with Crippen LogP contribution in [-0.4, -0.2) is 58.8 Å². The van der Waals surface area contributed by atoms with Gasteiger partial charge in [-0.05, 0) is 81.5 Å². The summed E-state index contributed by atoms with van der Waals surface area (Å²) in [6.07, 6.45) is 8.99. The van der Waals surface area contributed by atoms with Crippen molar-refractivity contribution >= 4 is 17.6 Å². The van der Waals surface area contributed by atoms with Gasteiger partial charge < -0.3 is 38.0 Å². The topological polar surface area (TPSA) is 107 Å². The van der Waals surface area contributed by atoms with Gasteiger partial charge in [0.15, 0.2) is 0 Å². The maximum atomic E-state index is 5.89. The van der Waals surface area contributed by atoms with Crippen LogP contribution in [0.15, 0.2) is 48.5 Å². The Kier molecular flexibility index (Phi) is 22.0. The lowest BCUT2D eigenvalue weighted by atomic mass is 10.0. The average molecular weight is 637 g/mol. The van der Waals surface area contributed by atoms with E-state index < -0.39 is 17.6 Å². The van der Waals surface area contributed by atoms with Gasteiger partial charge in [0.05, 0.1) is 0 Å². The molecule has 0 spiro atoms. The minimum atomic E-state index is -2.46. The first-order chi connectivity index (χ1) is 20.9. The van der Waals surface area contributed by atoms with Crippen LogP contribution in [0.5, 0.6) is 0 Å². The number of aryl methyl sites for hydroxylation is 2. The van der Waals surface area contributed by atoms with Crippen LogP contribution < -0.4 is 11.5 Å². The standard InChI is InChI=1S/C18H33NO3Si.C15H27NO3Si/c1-4-20-23(21-5-2,22-6-3)14-9-7-8-11-17-12-10-13-18(15-17)16-19;1-17-20(18-2,19-3)11-6-4-5-8-14-9-7-10-15(12-14)13-16/h10,12-13,15H,4-9,11,14,16,19H2,1-3H3;7,9-10,12H,4-6,8,11,13,16H2,1-3H3. The summed E-state index contributed by atoms with van der Waals surface area (Å²) in [5.74, 6) is 0. The molecule has 2 rings (SSSR count). The van der Waals surface area contributed by atoms with Gasteiger partial charge in [0, 0.05) is 66.3 Å². The van der Waals surface area contributed by atoms with Crippen molar-refractivity contribution in [3.63, 3.8) is 0 Å². The van der Waals surface area contributed by atoms with E-state index in [0.717, 1.165) is 57.0 Å². The third-order valence-corrected chi connectivity index (χ3v) is 13.4. The number of hydrogen-bond donors (Lipinski definition) is 2. The van der Waals surface area contributed by atoms with Crippen molar-refractivity contribution in [3.8, 4) is 0 Å². The van der Waals surface area contributed by atoms with E-state index in [4.69, 9.17) is 38.0 Å². The van der Waals surface area contributed by atoms with Crippen LogP contribution in [0.4, 0.5) is 0 Å². The first-order valence-corrected chi connectivity index (χ1v) is 19.9. The first kappa shape index (κ1) is 39.6. The average Bonchev–Trinajstić information content (AvgIpc) is 3.04. The molecule has 0 aliphatic carbocycles. The van der Waals surface area contributed by atoms with Crippen LogP contribution in [0.3, 0.4) is 0 Å². The Hall–Kier alpha value is -1.45. The van der Waals surface area contributed by atoms with Gasteiger partial charge in [-0.2, -0.15) is 0 Å². The summed E-state index contributed by atoms with van der Waals surface area (Å²) >= 11 is 0. The SMILES string of the molecule is CCO[Si](CCCCCc1cccc(CN)c1)(OCC)OCC.CO[Si](CCCCCc1cccc(CN)c1)(OC)OC. The Morgan fingerprint density at radius 3 is 1.23 bits per heavy atom. The molecule has 0 aromatic heterocycles. The van der Waals surface area contributed by atoms with Gasteiger partial charge >= 0.3 is 17.6 Å². The lowest BCUT2D eigenvalue weighted by Gasteiger charge is -2.28. The highest BCUT2D eigenvalue weighted by molar-refractivity contribution is 6.61. The summed E-state index contributed by atoms with van der Waals surface area (Å²) in [6, 6.07) is 18.8. The van der Waals surface area contributed by atoms with Crippen LogP contribution in [0, 0.1) is 0 Å². The van der Waals surface area contributed by atoms with Crippen molar-refractivity contribution < 1.29 is 26.6 Å². The summed E-state index contributed by atoms with van der Waals surface area (Å²) in [5.41, 5.74) is 16.5. The molecule has 0 aliphatic rings. The van der Waals surface area contributed by atoms with Crippen molar-refractivity contribution in [2.75, 3.05) is 41.2 Å². The van der Waals surface area contributed by atoms with Crippen molar-refractivity contribution in [1.82, 2.24) is 0 Å². The Labute approximate surface area is 264 Å². The lowest BCUT2D eigenvalue weighted by molar-refractivity contribution is 0.0706. The highest BCUT2D eigenvalue weighted by Crippen LogP contribution is 2.21. The van der Waals surface area contributed by atoms with E-state index in [0.29, 0.717) is 32.9 Å². The number of benzene rings is 2. The molecule has 8 nitrogen and oxygen atoms in total. The number of unbranched alkanes of at least 4 members (excludes halogenated alkanes) is 4. The quantitative estimate of drug-likeness (QED) is 0.103. The highest BCUT2D eigenvalue weighted by Gasteiger charge is 2.39. The zero-order chi connectivity index (χ0) is 31.8. The van der Waals surface area contributed by atoms with Crippen molar-refractivity contribution in [2.24, 2.45) is 11.5 Å². The fourth-order valence-corrected chi connectivity index (χ4v) is 9.56. The van der Waals surface area contributed by atoms with E-state index in [1.807, 2.05) is 20.8 Å². The number of hydrogen-bond acceptors (Lipinski definition) is 8. The van der Waals surface area contributed by atoms with Crippen LogP contribution in [0.2, 0.25) is 12.1 Å². The zero-order valence-electron chi connectivity index (χ0n) is 27.8. The molecule has 0 saturated heterocycles. The van der Waals surface area contributed by atoms with E-state index in [1.54, 1.807) is 21.3 Å². The molecule has 4 N–H and O–H groups in total. The Bertz CT molecular complexity index is 939. The molecule has 246 valence electrons. The second kappa shape index (κ2) is 23.9.